The van der Waals surface area contributed by atoms with E-state index in [1.807, 2.05) is 26.0 Å². The van der Waals surface area contributed by atoms with E-state index in [1.54, 1.807) is 18.2 Å². The Kier molecular flexibility index (Phi) is 4.13. The Labute approximate surface area is 121 Å². The second-order valence-corrected chi connectivity index (χ2v) is 5.12. The van der Waals surface area contributed by atoms with Crippen LogP contribution < -0.4 is 4.74 Å². The fourth-order valence-corrected chi connectivity index (χ4v) is 2.40. The average Bonchev–Trinajstić information content (AvgIpc) is 2.35. The van der Waals surface area contributed by atoms with Gasteiger partial charge < -0.3 is 4.74 Å². The van der Waals surface area contributed by atoms with Crippen LogP contribution in [0.1, 0.15) is 21.5 Å². The third-order valence-corrected chi connectivity index (χ3v) is 3.24. The smallest absolute Gasteiger partial charge is 0.150 e. The summed E-state index contributed by atoms with van der Waals surface area (Å²) in [5, 5.41) is 1.07. The molecule has 2 aromatic rings. The van der Waals surface area contributed by atoms with Gasteiger partial charge in [-0.15, -0.1) is 0 Å². The molecule has 0 saturated carbocycles. The van der Waals surface area contributed by atoms with Crippen molar-refractivity contribution in [1.29, 1.82) is 0 Å². The highest BCUT2D eigenvalue weighted by Crippen LogP contribution is 2.35. The van der Waals surface area contributed by atoms with Crippen LogP contribution in [0.15, 0.2) is 30.3 Å². The van der Waals surface area contributed by atoms with Gasteiger partial charge >= 0.3 is 0 Å². The Morgan fingerprint density at radius 3 is 2.21 bits per heavy atom. The molecule has 0 N–H and O–H groups in total. The Morgan fingerprint density at radius 2 is 1.68 bits per heavy atom. The van der Waals surface area contributed by atoms with Gasteiger partial charge in [-0.2, -0.15) is 0 Å². The molecule has 0 aliphatic rings. The molecule has 0 aliphatic heterocycles. The van der Waals surface area contributed by atoms with Gasteiger partial charge in [-0.05, 0) is 55.3 Å². The number of aldehydes is 1. The van der Waals surface area contributed by atoms with Crippen molar-refractivity contribution in [1.82, 2.24) is 0 Å². The highest BCUT2D eigenvalue weighted by Gasteiger charge is 2.10. The Hall–Kier alpha value is -1.51. The van der Waals surface area contributed by atoms with Gasteiger partial charge in [0.05, 0.1) is 5.02 Å². The van der Waals surface area contributed by atoms with Crippen molar-refractivity contribution >= 4 is 29.5 Å². The number of rotatable bonds is 3. The summed E-state index contributed by atoms with van der Waals surface area (Å²) in [6, 6.07) is 8.58. The largest absolute Gasteiger partial charge is 0.455 e. The molecule has 0 radical (unpaired) electrons. The Balaban J connectivity index is 2.39. The van der Waals surface area contributed by atoms with Gasteiger partial charge in [0, 0.05) is 10.6 Å². The monoisotopic (exact) mass is 294 g/mol. The summed E-state index contributed by atoms with van der Waals surface area (Å²) in [6.45, 7) is 3.84. The van der Waals surface area contributed by atoms with Crippen LogP contribution in [0.4, 0.5) is 0 Å². The van der Waals surface area contributed by atoms with Gasteiger partial charge in [-0.3, -0.25) is 4.79 Å². The molecule has 98 valence electrons. The van der Waals surface area contributed by atoms with Gasteiger partial charge in [0.1, 0.15) is 17.8 Å². The maximum absolute atomic E-state index is 10.7. The van der Waals surface area contributed by atoms with E-state index in [9.17, 15) is 4.79 Å². The minimum Gasteiger partial charge on any atom is -0.455 e. The summed E-state index contributed by atoms with van der Waals surface area (Å²) in [6.07, 6.45) is 0.744. The molecule has 0 saturated heterocycles. The average molecular weight is 295 g/mol. The summed E-state index contributed by atoms with van der Waals surface area (Å²) >= 11 is 12.1. The minimum atomic E-state index is 0.401. The van der Waals surface area contributed by atoms with Crippen molar-refractivity contribution in [2.75, 3.05) is 0 Å². The van der Waals surface area contributed by atoms with Crippen molar-refractivity contribution in [2.24, 2.45) is 0 Å². The molecule has 0 amide bonds. The molecule has 19 heavy (non-hydrogen) atoms. The number of aryl methyl sites for hydroxylation is 2. The highest BCUT2D eigenvalue weighted by molar-refractivity contribution is 6.32. The van der Waals surface area contributed by atoms with Crippen LogP contribution in [-0.2, 0) is 0 Å². The molecule has 0 aliphatic carbocycles. The van der Waals surface area contributed by atoms with Gasteiger partial charge in [0.25, 0.3) is 0 Å². The summed E-state index contributed by atoms with van der Waals surface area (Å²) in [5.41, 5.74) is 2.38. The van der Waals surface area contributed by atoms with Crippen molar-refractivity contribution in [3.63, 3.8) is 0 Å². The lowest BCUT2D eigenvalue weighted by molar-refractivity contribution is 0.112. The second-order valence-electron chi connectivity index (χ2n) is 4.28. The number of ether oxygens (including phenoxy) is 1. The van der Waals surface area contributed by atoms with Crippen molar-refractivity contribution < 1.29 is 9.53 Å². The number of benzene rings is 2. The van der Waals surface area contributed by atoms with Crippen LogP contribution in [0.3, 0.4) is 0 Å². The van der Waals surface area contributed by atoms with E-state index in [0.717, 1.165) is 23.2 Å². The SMILES string of the molecule is Cc1cc(Cl)cc(C)c1Oc1ccc(C=O)cc1Cl. The van der Waals surface area contributed by atoms with Crippen molar-refractivity contribution in [2.45, 2.75) is 13.8 Å². The molecule has 0 bridgehead atoms. The molecule has 2 nitrogen and oxygen atoms in total. The quantitative estimate of drug-likeness (QED) is 0.726. The predicted octanol–water partition coefficient (Wildman–Crippen LogP) is 5.22. The summed E-state index contributed by atoms with van der Waals surface area (Å²) in [5.74, 6) is 1.24. The van der Waals surface area contributed by atoms with Crippen LogP contribution >= 0.6 is 23.2 Å². The summed E-state index contributed by atoms with van der Waals surface area (Å²) < 4.78 is 5.82. The van der Waals surface area contributed by atoms with Crippen molar-refractivity contribution in [3.8, 4) is 11.5 Å². The predicted molar refractivity (Wildman–Crippen MR) is 77.8 cm³/mol. The summed E-state index contributed by atoms with van der Waals surface area (Å²) in [4.78, 5) is 10.7. The number of hydrogen-bond acceptors (Lipinski definition) is 2. The third-order valence-electron chi connectivity index (χ3n) is 2.73. The fourth-order valence-electron chi connectivity index (χ4n) is 1.84. The van der Waals surface area contributed by atoms with Crippen molar-refractivity contribution in [3.05, 3.63) is 57.1 Å². The lowest BCUT2D eigenvalue weighted by Gasteiger charge is -2.13. The van der Waals surface area contributed by atoms with Gasteiger partial charge in [-0.1, -0.05) is 23.2 Å². The van der Waals surface area contributed by atoms with E-state index in [4.69, 9.17) is 27.9 Å². The van der Waals surface area contributed by atoms with E-state index >= 15 is 0 Å². The first kappa shape index (κ1) is 13.9. The first-order valence-corrected chi connectivity index (χ1v) is 6.46. The number of carbonyl (C=O) groups excluding carboxylic acids is 1. The van der Waals surface area contributed by atoms with Crippen LogP contribution in [0.5, 0.6) is 11.5 Å². The molecular formula is C15H12Cl2O2. The first-order chi connectivity index (χ1) is 9.01. The molecule has 4 heteroatoms. The van der Waals surface area contributed by atoms with E-state index in [-0.39, 0.29) is 0 Å². The topological polar surface area (TPSA) is 26.3 Å². The molecule has 2 aromatic carbocycles. The van der Waals surface area contributed by atoms with E-state index in [2.05, 4.69) is 0 Å². The number of carbonyl (C=O) groups is 1. The van der Waals surface area contributed by atoms with Gasteiger partial charge in [0.15, 0.2) is 0 Å². The van der Waals surface area contributed by atoms with E-state index < -0.39 is 0 Å². The minimum absolute atomic E-state index is 0.401. The Bertz CT molecular complexity index is 613. The van der Waals surface area contributed by atoms with E-state index in [1.165, 1.54) is 0 Å². The molecule has 0 fully saturated rings. The molecular weight excluding hydrogens is 283 g/mol. The number of hydrogen-bond donors (Lipinski definition) is 0. The van der Waals surface area contributed by atoms with Crippen LogP contribution in [0.25, 0.3) is 0 Å². The lowest BCUT2D eigenvalue weighted by Crippen LogP contribution is -1.92. The van der Waals surface area contributed by atoms with Gasteiger partial charge in [-0.25, -0.2) is 0 Å². The van der Waals surface area contributed by atoms with Gasteiger partial charge in [0.2, 0.25) is 0 Å². The molecule has 0 atom stereocenters. The second kappa shape index (κ2) is 5.64. The maximum atomic E-state index is 10.7. The zero-order valence-corrected chi connectivity index (χ0v) is 12.0. The van der Waals surface area contributed by atoms with E-state index in [0.29, 0.717) is 21.4 Å². The zero-order chi connectivity index (χ0) is 14.0. The number of halogens is 2. The molecule has 0 unspecified atom stereocenters. The molecule has 0 aromatic heterocycles. The maximum Gasteiger partial charge on any atom is 0.150 e. The normalized spacial score (nSPS) is 10.3. The van der Waals surface area contributed by atoms with Crippen LogP contribution in [0, 0.1) is 13.8 Å². The van der Waals surface area contributed by atoms with Crippen LogP contribution in [0.2, 0.25) is 10.0 Å². The highest BCUT2D eigenvalue weighted by atomic mass is 35.5. The Morgan fingerprint density at radius 1 is 1.05 bits per heavy atom. The zero-order valence-electron chi connectivity index (χ0n) is 10.5. The molecule has 2 rings (SSSR count). The standard InChI is InChI=1S/C15H12Cl2O2/c1-9-5-12(16)6-10(2)15(9)19-14-4-3-11(8-18)7-13(14)17/h3-8H,1-2H3. The first-order valence-electron chi connectivity index (χ1n) is 5.70. The summed E-state index contributed by atoms with van der Waals surface area (Å²) in [7, 11) is 0. The third kappa shape index (κ3) is 3.09. The molecule has 0 heterocycles. The molecule has 0 spiro atoms. The van der Waals surface area contributed by atoms with Crippen LogP contribution in [-0.4, -0.2) is 6.29 Å². The fraction of sp³-hybridized carbons (Fsp3) is 0.133. The lowest BCUT2D eigenvalue weighted by atomic mass is 10.1.